The van der Waals surface area contributed by atoms with E-state index in [1.165, 1.54) is 19.5 Å². The highest BCUT2D eigenvalue weighted by atomic mass is 15.1. The third-order valence-electron chi connectivity index (χ3n) is 4.05. The predicted molar refractivity (Wildman–Crippen MR) is 79.2 cm³/mol. The summed E-state index contributed by atoms with van der Waals surface area (Å²) in [5.41, 5.74) is 2.23. The van der Waals surface area contributed by atoms with Gasteiger partial charge in [0, 0.05) is 26.1 Å². The van der Waals surface area contributed by atoms with E-state index in [-0.39, 0.29) is 0 Å². The van der Waals surface area contributed by atoms with Gasteiger partial charge in [0.15, 0.2) is 0 Å². The zero-order valence-corrected chi connectivity index (χ0v) is 11.9. The first-order chi connectivity index (χ1) is 9.20. The summed E-state index contributed by atoms with van der Waals surface area (Å²) >= 11 is 0. The molecule has 1 aromatic carbocycles. The van der Waals surface area contributed by atoms with E-state index >= 15 is 0 Å². The molecular formula is C16H23N3. The van der Waals surface area contributed by atoms with Gasteiger partial charge in [0.1, 0.15) is 5.82 Å². The number of para-hydroxylation sites is 2. The maximum absolute atomic E-state index is 4.65. The van der Waals surface area contributed by atoms with Crippen LogP contribution >= 0.6 is 0 Å². The molecule has 2 aromatic rings. The number of rotatable bonds is 3. The minimum atomic E-state index is 0.833. The fourth-order valence-corrected chi connectivity index (χ4v) is 3.36. The quantitative estimate of drug-likeness (QED) is 0.916. The van der Waals surface area contributed by atoms with Gasteiger partial charge < -0.3 is 9.88 Å². The molecule has 102 valence electrons. The molecular weight excluding hydrogens is 234 g/mol. The van der Waals surface area contributed by atoms with Crippen LogP contribution in [0.15, 0.2) is 24.3 Å². The lowest BCUT2D eigenvalue weighted by molar-refractivity contribution is 0.142. The van der Waals surface area contributed by atoms with Crippen LogP contribution in [0.1, 0.15) is 26.1 Å². The van der Waals surface area contributed by atoms with Crippen LogP contribution in [0.4, 0.5) is 0 Å². The lowest BCUT2D eigenvalue weighted by Crippen LogP contribution is -2.39. The first-order valence-corrected chi connectivity index (χ1v) is 7.36. The minimum absolute atomic E-state index is 0.833. The van der Waals surface area contributed by atoms with Crippen LogP contribution in [0.2, 0.25) is 0 Å². The number of fused-ring (bicyclic) bond motifs is 1. The van der Waals surface area contributed by atoms with E-state index in [9.17, 15) is 0 Å². The van der Waals surface area contributed by atoms with Gasteiger partial charge in [0.2, 0.25) is 0 Å². The molecule has 1 aliphatic heterocycles. The van der Waals surface area contributed by atoms with E-state index in [1.807, 2.05) is 6.07 Å². The second-order valence-electron chi connectivity index (χ2n) is 6.16. The Morgan fingerprint density at radius 3 is 2.68 bits per heavy atom. The Bertz CT molecular complexity index is 503. The van der Waals surface area contributed by atoms with Crippen molar-refractivity contribution in [1.82, 2.24) is 14.9 Å². The van der Waals surface area contributed by atoms with Crippen molar-refractivity contribution in [1.29, 1.82) is 0 Å². The summed E-state index contributed by atoms with van der Waals surface area (Å²) in [4.78, 5) is 10.7. The van der Waals surface area contributed by atoms with Crippen molar-refractivity contribution in [3.05, 3.63) is 30.1 Å². The number of aromatic amines is 1. The molecule has 3 rings (SSSR count). The largest absolute Gasteiger partial charge is 0.342 e. The Balaban J connectivity index is 1.62. The zero-order valence-electron chi connectivity index (χ0n) is 11.9. The molecule has 2 atom stereocenters. The van der Waals surface area contributed by atoms with Crippen LogP contribution in [0, 0.1) is 11.8 Å². The number of imidazole rings is 1. The van der Waals surface area contributed by atoms with Gasteiger partial charge in [0.05, 0.1) is 11.0 Å². The van der Waals surface area contributed by atoms with Crippen LogP contribution in [0.5, 0.6) is 0 Å². The van der Waals surface area contributed by atoms with E-state index in [4.69, 9.17) is 0 Å². The van der Waals surface area contributed by atoms with Gasteiger partial charge in [0.25, 0.3) is 0 Å². The maximum atomic E-state index is 4.65. The summed E-state index contributed by atoms with van der Waals surface area (Å²) in [5.74, 6) is 2.78. The minimum Gasteiger partial charge on any atom is -0.342 e. The molecule has 2 unspecified atom stereocenters. The summed E-state index contributed by atoms with van der Waals surface area (Å²) in [6.07, 6.45) is 2.40. The van der Waals surface area contributed by atoms with E-state index in [0.29, 0.717) is 0 Å². The number of piperidine rings is 1. The number of likely N-dealkylation sites (tertiary alicyclic amines) is 1. The molecule has 0 amide bonds. The molecule has 1 aliphatic rings. The molecule has 0 bridgehead atoms. The standard InChI is InChI=1S/C16H23N3/c1-12-9-13(2)11-19(10-12)8-7-16-17-14-5-3-4-6-15(14)18-16/h3-6,12-13H,7-11H2,1-2H3,(H,17,18). The van der Waals surface area contributed by atoms with Crippen LogP contribution in [-0.2, 0) is 6.42 Å². The summed E-state index contributed by atoms with van der Waals surface area (Å²) in [6, 6.07) is 8.26. The van der Waals surface area contributed by atoms with Gasteiger partial charge >= 0.3 is 0 Å². The predicted octanol–water partition coefficient (Wildman–Crippen LogP) is 3.08. The van der Waals surface area contributed by atoms with E-state index in [2.05, 4.69) is 46.9 Å². The van der Waals surface area contributed by atoms with Gasteiger partial charge in [-0.15, -0.1) is 0 Å². The molecule has 3 nitrogen and oxygen atoms in total. The molecule has 1 N–H and O–H groups in total. The van der Waals surface area contributed by atoms with Crippen molar-refractivity contribution < 1.29 is 0 Å². The number of nitrogens with one attached hydrogen (secondary N) is 1. The Morgan fingerprint density at radius 2 is 1.95 bits per heavy atom. The topological polar surface area (TPSA) is 31.9 Å². The van der Waals surface area contributed by atoms with Crippen molar-refractivity contribution in [3.8, 4) is 0 Å². The number of benzene rings is 1. The smallest absolute Gasteiger partial charge is 0.108 e. The average Bonchev–Trinajstić information content (AvgIpc) is 2.78. The summed E-state index contributed by atoms with van der Waals surface area (Å²) in [5, 5.41) is 0. The number of nitrogens with zero attached hydrogens (tertiary/aromatic N) is 2. The first-order valence-electron chi connectivity index (χ1n) is 7.36. The second kappa shape index (κ2) is 5.33. The van der Waals surface area contributed by atoms with Gasteiger partial charge in [-0.05, 0) is 30.4 Å². The molecule has 19 heavy (non-hydrogen) atoms. The van der Waals surface area contributed by atoms with Gasteiger partial charge in [-0.2, -0.15) is 0 Å². The number of H-pyrrole nitrogens is 1. The molecule has 2 heterocycles. The van der Waals surface area contributed by atoms with Crippen LogP contribution in [0.3, 0.4) is 0 Å². The lowest BCUT2D eigenvalue weighted by atomic mass is 9.92. The van der Waals surface area contributed by atoms with Gasteiger partial charge in [-0.3, -0.25) is 0 Å². The fourth-order valence-electron chi connectivity index (χ4n) is 3.36. The maximum Gasteiger partial charge on any atom is 0.108 e. The Hall–Kier alpha value is -1.35. The molecule has 0 spiro atoms. The van der Waals surface area contributed by atoms with Crippen LogP contribution in [-0.4, -0.2) is 34.5 Å². The highest BCUT2D eigenvalue weighted by Crippen LogP contribution is 2.21. The van der Waals surface area contributed by atoms with Crippen molar-refractivity contribution in [2.45, 2.75) is 26.7 Å². The van der Waals surface area contributed by atoms with Crippen LogP contribution in [0.25, 0.3) is 11.0 Å². The molecule has 0 aliphatic carbocycles. The summed E-state index contributed by atoms with van der Waals surface area (Å²) in [6.45, 7) is 8.33. The van der Waals surface area contributed by atoms with E-state index < -0.39 is 0 Å². The van der Waals surface area contributed by atoms with Crippen molar-refractivity contribution in [3.63, 3.8) is 0 Å². The molecule has 1 saturated heterocycles. The van der Waals surface area contributed by atoms with Gasteiger partial charge in [-0.25, -0.2) is 4.98 Å². The number of hydrogen-bond acceptors (Lipinski definition) is 2. The van der Waals surface area contributed by atoms with Crippen LogP contribution < -0.4 is 0 Å². The zero-order chi connectivity index (χ0) is 13.2. The number of aromatic nitrogens is 2. The average molecular weight is 257 g/mol. The van der Waals surface area contributed by atoms with Crippen molar-refractivity contribution >= 4 is 11.0 Å². The third-order valence-corrected chi connectivity index (χ3v) is 4.05. The highest BCUT2D eigenvalue weighted by Gasteiger charge is 2.21. The summed E-state index contributed by atoms with van der Waals surface area (Å²) in [7, 11) is 0. The highest BCUT2D eigenvalue weighted by molar-refractivity contribution is 5.74. The number of hydrogen-bond donors (Lipinski definition) is 1. The fraction of sp³-hybridized carbons (Fsp3) is 0.562. The van der Waals surface area contributed by atoms with E-state index in [1.54, 1.807) is 0 Å². The monoisotopic (exact) mass is 257 g/mol. The molecule has 1 aromatic heterocycles. The second-order valence-corrected chi connectivity index (χ2v) is 6.16. The van der Waals surface area contributed by atoms with Gasteiger partial charge in [-0.1, -0.05) is 26.0 Å². The summed E-state index contributed by atoms with van der Waals surface area (Å²) < 4.78 is 0. The lowest BCUT2D eigenvalue weighted by Gasteiger charge is -2.34. The SMILES string of the molecule is CC1CC(C)CN(CCc2nc3ccccc3[nH]2)C1. The first kappa shape index (κ1) is 12.7. The Morgan fingerprint density at radius 1 is 1.21 bits per heavy atom. The Kier molecular flexibility index (Phi) is 3.56. The molecule has 3 heteroatoms. The third kappa shape index (κ3) is 2.98. The molecule has 0 saturated carbocycles. The normalized spacial score (nSPS) is 24.9. The van der Waals surface area contributed by atoms with E-state index in [0.717, 1.165) is 41.7 Å². The Labute approximate surface area is 115 Å². The van der Waals surface area contributed by atoms with Crippen molar-refractivity contribution in [2.24, 2.45) is 11.8 Å². The molecule has 0 radical (unpaired) electrons. The van der Waals surface area contributed by atoms with Crippen molar-refractivity contribution in [2.75, 3.05) is 19.6 Å². The molecule has 1 fully saturated rings.